The number of benzene rings is 2. The van der Waals surface area contributed by atoms with Gasteiger partial charge in [0, 0.05) is 22.4 Å². The van der Waals surface area contributed by atoms with Crippen molar-refractivity contribution < 1.29 is 27.7 Å². The third kappa shape index (κ3) is 6.37. The van der Waals surface area contributed by atoms with Crippen LogP contribution in [0, 0.1) is 18.3 Å². The minimum atomic E-state index is -0.877. The smallest absolute Gasteiger partial charge is 0.394 e. The number of oxazole rings is 1. The van der Waals surface area contributed by atoms with Gasteiger partial charge in [0.1, 0.15) is 52.9 Å². The fraction of sp³-hybridized carbons (Fsp3) is 0.267. The summed E-state index contributed by atoms with van der Waals surface area (Å²) >= 11 is 6.54. The van der Waals surface area contributed by atoms with Crippen molar-refractivity contribution in [3.8, 4) is 34.4 Å². The van der Waals surface area contributed by atoms with Gasteiger partial charge in [0.2, 0.25) is 11.7 Å². The number of nitrogens with zero attached hydrogens (tertiary/aromatic N) is 3. The number of anilines is 1. The number of nitriles is 1. The summed E-state index contributed by atoms with van der Waals surface area (Å²) in [4.78, 5) is 21.3. The number of rotatable bonds is 9. The highest BCUT2D eigenvalue weighted by atomic mass is 35.5. The van der Waals surface area contributed by atoms with Crippen LogP contribution in [-0.2, 0) is 19.5 Å². The zero-order valence-corrected chi connectivity index (χ0v) is 24.6. The number of nitrogens with two attached hydrogens (primary N) is 1. The third-order valence-electron chi connectivity index (χ3n) is 6.52. The molecule has 1 aliphatic heterocycles. The van der Waals surface area contributed by atoms with Gasteiger partial charge in [-0.25, -0.2) is 14.8 Å². The summed E-state index contributed by atoms with van der Waals surface area (Å²) in [6.45, 7) is 6.36. The van der Waals surface area contributed by atoms with E-state index >= 15 is 0 Å². The Morgan fingerprint density at radius 3 is 2.55 bits per heavy atom. The Morgan fingerprint density at radius 1 is 1.17 bits per heavy atom. The SMILES string of the molecule is Cc1c(N)nc(SCc2nc(-c3ccccc3)oc2C(=O)OCl)c(C#N)c1-c1ccc(OC[C@H]2COC(C)(C)O2)cc1. The molecule has 0 spiro atoms. The second-order valence-corrected chi connectivity index (χ2v) is 11.0. The molecule has 2 aromatic carbocycles. The topological polar surface area (TPSA) is 143 Å². The molecular formula is C30H27ClN4O6S. The lowest BCUT2D eigenvalue weighted by Crippen LogP contribution is -2.25. The van der Waals surface area contributed by atoms with Gasteiger partial charge in [-0.1, -0.05) is 42.1 Å². The second kappa shape index (κ2) is 12.4. The van der Waals surface area contributed by atoms with Gasteiger partial charge in [-0.15, -0.1) is 0 Å². The van der Waals surface area contributed by atoms with Crippen molar-refractivity contribution >= 4 is 35.4 Å². The number of hydrogen-bond acceptors (Lipinski definition) is 11. The lowest BCUT2D eigenvalue weighted by atomic mass is 9.97. The standard InChI is InChI=1S/C30H27ClN4O6S/c1-17-24(18-9-11-20(12-10-18)37-14-21-15-38-30(2,3)40-21)22(13-32)28(35-26(17)33)42-16-23-25(29(36)41-31)39-27(34-23)19-7-5-4-6-8-19/h4-12,21H,14-16H2,1-3H3,(H2,33,35)/t21-/m0/s1. The number of aromatic nitrogens is 2. The van der Waals surface area contributed by atoms with Gasteiger partial charge in [0.15, 0.2) is 5.79 Å². The summed E-state index contributed by atoms with van der Waals surface area (Å²) in [7, 11) is 0. The normalized spacial score (nSPS) is 15.7. The van der Waals surface area contributed by atoms with Crippen LogP contribution in [-0.4, -0.2) is 41.0 Å². The number of ether oxygens (including phenoxy) is 3. The maximum atomic E-state index is 12.3. The molecule has 1 fully saturated rings. The van der Waals surface area contributed by atoms with Crippen molar-refractivity contribution in [1.82, 2.24) is 9.97 Å². The van der Waals surface area contributed by atoms with Gasteiger partial charge in [-0.2, -0.15) is 5.26 Å². The number of thioether (sulfide) groups is 1. The summed E-state index contributed by atoms with van der Waals surface area (Å²) < 4.78 is 27.3. The van der Waals surface area contributed by atoms with E-state index in [0.29, 0.717) is 46.2 Å². The Labute approximate surface area is 251 Å². The van der Waals surface area contributed by atoms with E-state index in [9.17, 15) is 10.1 Å². The van der Waals surface area contributed by atoms with Crippen molar-refractivity contribution in [3.63, 3.8) is 0 Å². The molecule has 10 nitrogen and oxygen atoms in total. The molecule has 0 unspecified atom stereocenters. The van der Waals surface area contributed by atoms with Crippen LogP contribution < -0.4 is 10.5 Å². The minimum Gasteiger partial charge on any atom is -0.491 e. The number of pyridine rings is 1. The van der Waals surface area contributed by atoms with E-state index in [2.05, 4.69) is 20.3 Å². The molecule has 0 aliphatic carbocycles. The average molecular weight is 607 g/mol. The molecule has 1 saturated heterocycles. The number of halogens is 1. The van der Waals surface area contributed by atoms with Crippen molar-refractivity contribution in [1.29, 1.82) is 5.26 Å². The Bertz CT molecular complexity index is 1640. The fourth-order valence-electron chi connectivity index (χ4n) is 4.48. The monoisotopic (exact) mass is 606 g/mol. The van der Waals surface area contributed by atoms with E-state index in [-0.39, 0.29) is 35.0 Å². The highest BCUT2D eigenvalue weighted by molar-refractivity contribution is 7.98. The number of nitrogen functional groups attached to an aromatic ring is 1. The largest absolute Gasteiger partial charge is 0.491 e. The molecule has 0 radical (unpaired) electrons. The molecule has 3 heterocycles. The Hall–Kier alpha value is -4.08. The zero-order chi connectivity index (χ0) is 29.9. The summed E-state index contributed by atoms with van der Waals surface area (Å²) in [5, 5.41) is 10.6. The maximum Gasteiger partial charge on any atom is 0.394 e. The lowest BCUT2D eigenvalue weighted by Gasteiger charge is -2.17. The second-order valence-electron chi connectivity index (χ2n) is 9.89. The van der Waals surface area contributed by atoms with Crippen LogP contribution >= 0.6 is 23.6 Å². The Balaban J connectivity index is 1.39. The van der Waals surface area contributed by atoms with Gasteiger partial charge < -0.3 is 28.7 Å². The lowest BCUT2D eigenvalue weighted by molar-refractivity contribution is -0.141. The van der Waals surface area contributed by atoms with Crippen LogP contribution in [0.2, 0.25) is 0 Å². The Kier molecular flexibility index (Phi) is 8.70. The summed E-state index contributed by atoms with van der Waals surface area (Å²) in [6.07, 6.45) is -0.160. The van der Waals surface area contributed by atoms with Gasteiger partial charge in [0.25, 0.3) is 0 Å². The maximum absolute atomic E-state index is 12.3. The van der Waals surface area contributed by atoms with E-state index in [1.807, 2.05) is 63.2 Å². The predicted octanol–water partition coefficient (Wildman–Crippen LogP) is 6.30. The molecule has 2 aromatic heterocycles. The van der Waals surface area contributed by atoms with Crippen LogP contribution in [0.1, 0.15) is 41.2 Å². The summed E-state index contributed by atoms with van der Waals surface area (Å²) in [6, 6.07) is 18.8. The predicted molar refractivity (Wildman–Crippen MR) is 157 cm³/mol. The molecule has 42 heavy (non-hydrogen) atoms. The van der Waals surface area contributed by atoms with Crippen LogP contribution in [0.4, 0.5) is 5.82 Å². The van der Waals surface area contributed by atoms with Crippen molar-refractivity contribution in [2.24, 2.45) is 0 Å². The molecule has 0 amide bonds. The van der Waals surface area contributed by atoms with Crippen LogP contribution in [0.15, 0.2) is 64.0 Å². The molecule has 0 bridgehead atoms. The average Bonchev–Trinajstić information content (AvgIpc) is 3.59. The van der Waals surface area contributed by atoms with Crippen molar-refractivity contribution in [2.45, 2.75) is 43.4 Å². The van der Waals surface area contributed by atoms with Gasteiger partial charge in [-0.05, 0) is 50.6 Å². The minimum absolute atomic E-state index is 0.135. The first-order chi connectivity index (χ1) is 20.2. The number of hydrogen-bond donors (Lipinski definition) is 1. The molecule has 0 saturated carbocycles. The van der Waals surface area contributed by atoms with Gasteiger partial charge in [-0.3, -0.25) is 0 Å². The highest BCUT2D eigenvalue weighted by Gasteiger charge is 2.33. The van der Waals surface area contributed by atoms with E-state index < -0.39 is 11.8 Å². The fourth-order valence-corrected chi connectivity index (χ4v) is 5.47. The van der Waals surface area contributed by atoms with Crippen LogP contribution in [0.3, 0.4) is 0 Å². The van der Waals surface area contributed by atoms with Gasteiger partial charge in [0.05, 0.1) is 12.2 Å². The number of carbonyl (C=O) groups excluding carboxylic acids is 1. The van der Waals surface area contributed by atoms with E-state index in [4.69, 9.17) is 36.2 Å². The Morgan fingerprint density at radius 2 is 1.90 bits per heavy atom. The first-order valence-electron chi connectivity index (χ1n) is 12.9. The van der Waals surface area contributed by atoms with E-state index in [1.165, 1.54) is 11.8 Å². The molecule has 1 aliphatic rings. The first kappa shape index (κ1) is 29.4. The molecule has 12 heteroatoms. The molecular weight excluding hydrogens is 580 g/mol. The molecule has 1 atom stereocenters. The van der Waals surface area contributed by atoms with E-state index in [0.717, 1.165) is 5.56 Å². The first-order valence-corrected chi connectivity index (χ1v) is 14.2. The highest BCUT2D eigenvalue weighted by Crippen LogP contribution is 2.38. The van der Waals surface area contributed by atoms with Crippen molar-refractivity contribution in [2.75, 3.05) is 18.9 Å². The molecule has 2 N–H and O–H groups in total. The summed E-state index contributed by atoms with van der Waals surface area (Å²) in [5.74, 6) is -0.331. The van der Waals surface area contributed by atoms with Crippen molar-refractivity contribution in [3.05, 3.63) is 77.2 Å². The van der Waals surface area contributed by atoms with Crippen LogP contribution in [0.25, 0.3) is 22.6 Å². The number of carbonyl (C=O) groups is 1. The van der Waals surface area contributed by atoms with Crippen LogP contribution in [0.5, 0.6) is 5.75 Å². The quantitative estimate of drug-likeness (QED) is 0.214. The molecule has 5 rings (SSSR count). The third-order valence-corrected chi connectivity index (χ3v) is 7.65. The zero-order valence-electron chi connectivity index (χ0n) is 23.0. The van der Waals surface area contributed by atoms with E-state index in [1.54, 1.807) is 12.1 Å². The summed E-state index contributed by atoms with van der Waals surface area (Å²) in [5.41, 5.74) is 9.69. The molecule has 4 aromatic rings. The molecule has 216 valence electrons. The van der Waals surface area contributed by atoms with Gasteiger partial charge >= 0.3 is 5.97 Å².